The zero-order chi connectivity index (χ0) is 15.5. The minimum Gasteiger partial charge on any atom is -0.376 e. The first-order chi connectivity index (χ1) is 10.6. The van der Waals surface area contributed by atoms with Gasteiger partial charge in [0, 0.05) is 11.3 Å². The maximum Gasteiger partial charge on any atom is 0.246 e. The molecule has 0 spiro atoms. The van der Waals surface area contributed by atoms with Crippen LogP contribution in [0.3, 0.4) is 0 Å². The molecular weight excluding hydrogens is 281 g/mol. The van der Waals surface area contributed by atoms with E-state index in [1.807, 2.05) is 37.3 Å². The van der Waals surface area contributed by atoms with E-state index in [2.05, 4.69) is 15.5 Å². The van der Waals surface area contributed by atoms with Crippen LogP contribution in [0.15, 0.2) is 47.0 Å². The number of benzene rings is 2. The Balaban J connectivity index is 1.69. The van der Waals surface area contributed by atoms with Crippen molar-refractivity contribution in [2.45, 2.75) is 20.4 Å². The van der Waals surface area contributed by atoms with Crippen LogP contribution in [0, 0.1) is 19.7 Å². The van der Waals surface area contributed by atoms with Crippen LogP contribution in [0.25, 0.3) is 11.4 Å². The average molecular weight is 297 g/mol. The third kappa shape index (κ3) is 3.14. The van der Waals surface area contributed by atoms with E-state index in [0.717, 1.165) is 5.56 Å². The predicted octanol–water partition coefficient (Wildman–Crippen LogP) is 4.10. The van der Waals surface area contributed by atoms with Gasteiger partial charge in [-0.25, -0.2) is 4.39 Å². The molecule has 0 atom stereocenters. The molecule has 5 heteroatoms. The van der Waals surface area contributed by atoms with E-state index in [4.69, 9.17) is 4.52 Å². The maximum absolute atomic E-state index is 13.5. The minimum atomic E-state index is -0.240. The smallest absolute Gasteiger partial charge is 0.246 e. The van der Waals surface area contributed by atoms with Crippen molar-refractivity contribution in [1.82, 2.24) is 10.1 Å². The molecule has 22 heavy (non-hydrogen) atoms. The van der Waals surface area contributed by atoms with Gasteiger partial charge in [-0.2, -0.15) is 4.98 Å². The number of hydrogen-bond donors (Lipinski definition) is 1. The Morgan fingerprint density at radius 2 is 1.86 bits per heavy atom. The molecule has 3 rings (SSSR count). The van der Waals surface area contributed by atoms with Gasteiger partial charge >= 0.3 is 0 Å². The largest absolute Gasteiger partial charge is 0.376 e. The molecule has 0 unspecified atom stereocenters. The molecule has 112 valence electrons. The lowest BCUT2D eigenvalue weighted by molar-refractivity contribution is 0.384. The molecule has 1 heterocycles. The molecule has 4 nitrogen and oxygen atoms in total. The SMILES string of the molecule is Cc1ccc(-c2noc(CNc3ccc(C)c(F)c3)n2)cc1. The van der Waals surface area contributed by atoms with E-state index in [1.165, 1.54) is 11.6 Å². The predicted molar refractivity (Wildman–Crippen MR) is 82.9 cm³/mol. The molecule has 0 radical (unpaired) electrons. The maximum atomic E-state index is 13.5. The zero-order valence-electron chi connectivity index (χ0n) is 12.4. The molecule has 2 aromatic carbocycles. The molecule has 3 aromatic rings. The van der Waals surface area contributed by atoms with E-state index < -0.39 is 0 Å². The van der Waals surface area contributed by atoms with Crippen LogP contribution >= 0.6 is 0 Å². The topological polar surface area (TPSA) is 51.0 Å². The fourth-order valence-electron chi connectivity index (χ4n) is 2.03. The molecule has 0 bridgehead atoms. The summed E-state index contributed by atoms with van der Waals surface area (Å²) in [6, 6.07) is 12.9. The van der Waals surface area contributed by atoms with Crippen molar-refractivity contribution in [3.05, 3.63) is 65.3 Å². The average Bonchev–Trinajstić information content (AvgIpc) is 2.98. The number of anilines is 1. The second-order valence-electron chi connectivity index (χ2n) is 5.20. The van der Waals surface area contributed by atoms with Gasteiger partial charge in [0.15, 0.2) is 0 Å². The summed E-state index contributed by atoms with van der Waals surface area (Å²) in [5.41, 5.74) is 3.38. The molecule has 0 amide bonds. The first-order valence-electron chi connectivity index (χ1n) is 7.01. The van der Waals surface area contributed by atoms with Gasteiger partial charge in [-0.1, -0.05) is 41.1 Å². The molecule has 0 aliphatic carbocycles. The van der Waals surface area contributed by atoms with Crippen LogP contribution in [-0.4, -0.2) is 10.1 Å². The molecular formula is C17H16FN3O. The molecule has 0 saturated heterocycles. The van der Waals surface area contributed by atoms with Gasteiger partial charge in [0.05, 0.1) is 6.54 Å². The number of nitrogens with one attached hydrogen (secondary N) is 1. The van der Waals surface area contributed by atoms with Gasteiger partial charge in [0.1, 0.15) is 5.82 Å². The highest BCUT2D eigenvalue weighted by atomic mass is 19.1. The Morgan fingerprint density at radius 3 is 2.59 bits per heavy atom. The standard InChI is InChI=1S/C17H16FN3O/c1-11-3-6-13(7-4-11)17-20-16(22-21-17)10-19-14-8-5-12(2)15(18)9-14/h3-9,19H,10H2,1-2H3. The van der Waals surface area contributed by atoms with Crippen LogP contribution in [0.5, 0.6) is 0 Å². The van der Waals surface area contributed by atoms with Crippen molar-refractivity contribution in [3.63, 3.8) is 0 Å². The van der Waals surface area contributed by atoms with Gasteiger partial charge in [-0.15, -0.1) is 0 Å². The van der Waals surface area contributed by atoms with Crippen LogP contribution in [0.4, 0.5) is 10.1 Å². The fraction of sp³-hybridized carbons (Fsp3) is 0.176. The highest BCUT2D eigenvalue weighted by Crippen LogP contribution is 2.18. The summed E-state index contributed by atoms with van der Waals surface area (Å²) in [5.74, 6) is 0.763. The van der Waals surface area contributed by atoms with E-state index in [1.54, 1.807) is 13.0 Å². The fourth-order valence-corrected chi connectivity index (χ4v) is 2.03. The Bertz CT molecular complexity index is 781. The Morgan fingerprint density at radius 1 is 1.09 bits per heavy atom. The molecule has 0 fully saturated rings. The molecule has 1 N–H and O–H groups in total. The first-order valence-corrected chi connectivity index (χ1v) is 7.01. The summed E-state index contributed by atoms with van der Waals surface area (Å²) in [6.45, 7) is 4.10. The van der Waals surface area contributed by atoms with Crippen molar-refractivity contribution in [2.24, 2.45) is 0 Å². The van der Waals surface area contributed by atoms with Crippen LogP contribution in [-0.2, 0) is 6.54 Å². The lowest BCUT2D eigenvalue weighted by Gasteiger charge is -2.04. The van der Waals surface area contributed by atoms with Gasteiger partial charge in [-0.05, 0) is 31.5 Å². The van der Waals surface area contributed by atoms with Crippen LogP contribution < -0.4 is 5.32 Å². The molecule has 0 aliphatic rings. The van der Waals surface area contributed by atoms with Gasteiger partial charge in [0.25, 0.3) is 0 Å². The lowest BCUT2D eigenvalue weighted by Crippen LogP contribution is -2.00. The summed E-state index contributed by atoms with van der Waals surface area (Å²) in [4.78, 5) is 4.33. The van der Waals surface area contributed by atoms with Gasteiger partial charge in [0.2, 0.25) is 11.7 Å². The third-order valence-electron chi connectivity index (χ3n) is 3.39. The Kier molecular flexibility index (Phi) is 3.87. The van der Waals surface area contributed by atoms with Gasteiger partial charge < -0.3 is 9.84 Å². The van der Waals surface area contributed by atoms with E-state index >= 15 is 0 Å². The van der Waals surface area contributed by atoms with Crippen molar-refractivity contribution in [2.75, 3.05) is 5.32 Å². The summed E-state index contributed by atoms with van der Waals surface area (Å²) in [6.07, 6.45) is 0. The summed E-state index contributed by atoms with van der Waals surface area (Å²) in [7, 11) is 0. The quantitative estimate of drug-likeness (QED) is 0.787. The Hall–Kier alpha value is -2.69. The second kappa shape index (κ2) is 5.97. The third-order valence-corrected chi connectivity index (χ3v) is 3.39. The lowest BCUT2D eigenvalue weighted by atomic mass is 10.1. The number of aromatic nitrogens is 2. The van der Waals surface area contributed by atoms with E-state index in [9.17, 15) is 4.39 Å². The monoisotopic (exact) mass is 297 g/mol. The van der Waals surface area contributed by atoms with Gasteiger partial charge in [-0.3, -0.25) is 0 Å². The Labute approximate surface area is 128 Å². The normalized spacial score (nSPS) is 10.7. The number of rotatable bonds is 4. The number of halogens is 1. The number of hydrogen-bond acceptors (Lipinski definition) is 4. The first kappa shape index (κ1) is 14.3. The molecule has 1 aromatic heterocycles. The summed E-state index contributed by atoms with van der Waals surface area (Å²) < 4.78 is 18.7. The summed E-state index contributed by atoms with van der Waals surface area (Å²) in [5, 5.41) is 7.03. The van der Waals surface area contributed by atoms with E-state index in [0.29, 0.717) is 29.5 Å². The van der Waals surface area contributed by atoms with Crippen molar-refractivity contribution >= 4 is 5.69 Å². The second-order valence-corrected chi connectivity index (χ2v) is 5.20. The number of aryl methyl sites for hydroxylation is 2. The zero-order valence-corrected chi connectivity index (χ0v) is 12.4. The van der Waals surface area contributed by atoms with E-state index in [-0.39, 0.29) is 5.82 Å². The molecule has 0 aliphatic heterocycles. The highest BCUT2D eigenvalue weighted by molar-refractivity contribution is 5.54. The van der Waals surface area contributed by atoms with Crippen molar-refractivity contribution < 1.29 is 8.91 Å². The number of nitrogens with zero attached hydrogens (tertiary/aromatic N) is 2. The van der Waals surface area contributed by atoms with Crippen LogP contribution in [0.1, 0.15) is 17.0 Å². The van der Waals surface area contributed by atoms with Crippen molar-refractivity contribution in [3.8, 4) is 11.4 Å². The van der Waals surface area contributed by atoms with Crippen molar-refractivity contribution in [1.29, 1.82) is 0 Å². The molecule has 0 saturated carbocycles. The minimum absolute atomic E-state index is 0.240. The highest BCUT2D eigenvalue weighted by Gasteiger charge is 2.08. The summed E-state index contributed by atoms with van der Waals surface area (Å²) >= 11 is 0. The van der Waals surface area contributed by atoms with Crippen LogP contribution in [0.2, 0.25) is 0 Å².